The Labute approximate surface area is 99.6 Å². The van der Waals surface area contributed by atoms with E-state index in [9.17, 15) is 4.79 Å². The first-order valence-corrected chi connectivity index (χ1v) is 5.97. The molecule has 1 amide bonds. The van der Waals surface area contributed by atoms with E-state index in [2.05, 4.69) is 10.2 Å². The third-order valence-electron chi connectivity index (χ3n) is 3.62. The summed E-state index contributed by atoms with van der Waals surface area (Å²) < 4.78 is 0. The molecule has 0 aliphatic heterocycles. The second-order valence-electron chi connectivity index (χ2n) is 4.62. The number of fused-ring (bicyclic) bond motifs is 1. The third-order valence-corrected chi connectivity index (χ3v) is 3.62. The first kappa shape index (κ1) is 10.3. The minimum absolute atomic E-state index is 0.0205. The van der Waals surface area contributed by atoms with E-state index in [4.69, 9.17) is 0 Å². The summed E-state index contributed by atoms with van der Waals surface area (Å²) in [5.41, 5.74) is 1.45. The van der Waals surface area contributed by atoms with E-state index < -0.39 is 0 Å². The highest BCUT2D eigenvalue weighted by Gasteiger charge is 2.28. The molecule has 17 heavy (non-hydrogen) atoms. The van der Waals surface area contributed by atoms with Crippen molar-refractivity contribution in [2.45, 2.75) is 25.3 Å². The van der Waals surface area contributed by atoms with Crippen LogP contribution in [-0.4, -0.2) is 34.1 Å². The van der Waals surface area contributed by atoms with Gasteiger partial charge in [0.1, 0.15) is 0 Å². The lowest BCUT2D eigenvalue weighted by Crippen LogP contribution is -2.41. The first-order valence-electron chi connectivity index (χ1n) is 5.97. The van der Waals surface area contributed by atoms with Gasteiger partial charge in [-0.3, -0.25) is 9.89 Å². The number of aromatic nitrogens is 2. The normalized spacial score (nSPS) is 15.8. The van der Waals surface area contributed by atoms with E-state index >= 15 is 0 Å². The van der Waals surface area contributed by atoms with Crippen molar-refractivity contribution in [3.8, 4) is 0 Å². The lowest BCUT2D eigenvalue weighted by molar-refractivity contribution is 0.0648. The molecule has 1 aliphatic carbocycles. The van der Waals surface area contributed by atoms with Gasteiger partial charge in [-0.15, -0.1) is 0 Å². The predicted molar refractivity (Wildman–Crippen MR) is 65.8 cm³/mol. The van der Waals surface area contributed by atoms with Gasteiger partial charge in [0.15, 0.2) is 5.69 Å². The van der Waals surface area contributed by atoms with Crippen LogP contribution in [0.3, 0.4) is 0 Å². The molecule has 4 nitrogen and oxygen atoms in total. The van der Waals surface area contributed by atoms with E-state index in [-0.39, 0.29) is 5.91 Å². The maximum Gasteiger partial charge on any atom is 0.274 e. The molecule has 1 N–H and O–H groups in total. The van der Waals surface area contributed by atoms with Crippen LogP contribution in [0.5, 0.6) is 0 Å². The Morgan fingerprint density at radius 2 is 2.18 bits per heavy atom. The van der Waals surface area contributed by atoms with Crippen molar-refractivity contribution in [1.29, 1.82) is 0 Å². The van der Waals surface area contributed by atoms with Crippen molar-refractivity contribution in [2.75, 3.05) is 7.05 Å². The fourth-order valence-corrected chi connectivity index (χ4v) is 2.23. The number of aromatic amines is 1. The molecule has 3 rings (SSSR count). The molecule has 0 saturated heterocycles. The van der Waals surface area contributed by atoms with Crippen LogP contribution < -0.4 is 0 Å². The monoisotopic (exact) mass is 229 g/mol. The number of H-pyrrole nitrogens is 1. The quantitative estimate of drug-likeness (QED) is 0.858. The van der Waals surface area contributed by atoms with E-state index in [1.165, 1.54) is 6.42 Å². The molecule has 1 saturated carbocycles. The number of nitrogens with zero attached hydrogens (tertiary/aromatic N) is 2. The Morgan fingerprint density at radius 3 is 2.88 bits per heavy atom. The number of amides is 1. The van der Waals surface area contributed by atoms with Crippen LogP contribution >= 0.6 is 0 Å². The van der Waals surface area contributed by atoms with Gasteiger partial charge in [0.05, 0.1) is 5.52 Å². The predicted octanol–water partition coefficient (Wildman–Crippen LogP) is 2.19. The number of para-hydroxylation sites is 1. The Hall–Kier alpha value is -1.84. The minimum Gasteiger partial charge on any atom is -0.337 e. The van der Waals surface area contributed by atoms with Gasteiger partial charge in [0, 0.05) is 18.5 Å². The summed E-state index contributed by atoms with van der Waals surface area (Å²) in [7, 11) is 1.87. The van der Waals surface area contributed by atoms with Gasteiger partial charge >= 0.3 is 0 Å². The van der Waals surface area contributed by atoms with E-state index in [0.717, 1.165) is 23.7 Å². The molecule has 0 unspecified atom stereocenters. The van der Waals surface area contributed by atoms with Gasteiger partial charge in [0.2, 0.25) is 0 Å². The second-order valence-corrected chi connectivity index (χ2v) is 4.62. The smallest absolute Gasteiger partial charge is 0.274 e. The summed E-state index contributed by atoms with van der Waals surface area (Å²) in [6, 6.07) is 8.13. The van der Waals surface area contributed by atoms with Gasteiger partial charge < -0.3 is 4.90 Å². The van der Waals surface area contributed by atoms with Crippen molar-refractivity contribution in [2.24, 2.45) is 0 Å². The molecule has 0 spiro atoms. The van der Waals surface area contributed by atoms with Crippen LogP contribution in [-0.2, 0) is 0 Å². The molecule has 0 bridgehead atoms. The molecular weight excluding hydrogens is 214 g/mol. The number of nitrogens with one attached hydrogen (secondary N) is 1. The standard InChI is InChI=1S/C13H15N3O/c1-16(9-5-4-6-9)13(17)12-10-7-2-3-8-11(10)14-15-12/h2-3,7-9H,4-6H2,1H3,(H,14,15). The fourth-order valence-electron chi connectivity index (χ4n) is 2.23. The lowest BCUT2D eigenvalue weighted by Gasteiger charge is -2.34. The average Bonchev–Trinajstić information content (AvgIpc) is 2.69. The molecule has 88 valence electrons. The second kappa shape index (κ2) is 3.87. The summed E-state index contributed by atoms with van der Waals surface area (Å²) in [6.07, 6.45) is 3.46. The average molecular weight is 229 g/mol. The molecule has 1 aromatic carbocycles. The molecule has 1 aliphatic rings. The maximum atomic E-state index is 12.3. The van der Waals surface area contributed by atoms with Crippen LogP contribution in [0.4, 0.5) is 0 Å². The lowest BCUT2D eigenvalue weighted by atomic mass is 9.91. The topological polar surface area (TPSA) is 49.0 Å². The van der Waals surface area contributed by atoms with E-state index in [1.54, 1.807) is 0 Å². The molecule has 1 aromatic heterocycles. The van der Waals surface area contributed by atoms with Gasteiger partial charge in [-0.1, -0.05) is 18.2 Å². The van der Waals surface area contributed by atoms with Crippen molar-refractivity contribution >= 4 is 16.8 Å². The number of benzene rings is 1. The van der Waals surface area contributed by atoms with Crippen molar-refractivity contribution < 1.29 is 4.79 Å². The Bertz CT molecular complexity index is 557. The highest BCUT2D eigenvalue weighted by molar-refractivity contribution is 6.04. The molecule has 0 radical (unpaired) electrons. The van der Waals surface area contributed by atoms with Crippen LogP contribution in [0.1, 0.15) is 29.8 Å². The van der Waals surface area contributed by atoms with Gasteiger partial charge in [-0.25, -0.2) is 0 Å². The number of carbonyl (C=O) groups excluding carboxylic acids is 1. The van der Waals surface area contributed by atoms with E-state index in [1.807, 2.05) is 36.2 Å². The van der Waals surface area contributed by atoms with Gasteiger partial charge in [-0.2, -0.15) is 5.10 Å². The Kier molecular flexibility index (Phi) is 2.35. The molecule has 4 heteroatoms. The molecule has 0 atom stereocenters. The number of carbonyl (C=O) groups is 1. The number of rotatable bonds is 2. The third kappa shape index (κ3) is 1.60. The molecule has 2 aromatic rings. The van der Waals surface area contributed by atoms with E-state index in [0.29, 0.717) is 11.7 Å². The summed E-state index contributed by atoms with van der Waals surface area (Å²) in [5, 5.41) is 7.95. The minimum atomic E-state index is 0.0205. The highest BCUT2D eigenvalue weighted by Crippen LogP contribution is 2.26. The first-order chi connectivity index (χ1) is 8.27. The van der Waals surface area contributed by atoms with Crippen LogP contribution in [0.25, 0.3) is 10.9 Å². The molecule has 1 heterocycles. The van der Waals surface area contributed by atoms with Crippen molar-refractivity contribution in [3.05, 3.63) is 30.0 Å². The fraction of sp³-hybridized carbons (Fsp3) is 0.385. The molecular formula is C13H15N3O. The highest BCUT2D eigenvalue weighted by atomic mass is 16.2. The summed E-state index contributed by atoms with van der Waals surface area (Å²) in [6.45, 7) is 0. The van der Waals surface area contributed by atoms with Crippen LogP contribution in [0.15, 0.2) is 24.3 Å². The van der Waals surface area contributed by atoms with Crippen molar-refractivity contribution in [1.82, 2.24) is 15.1 Å². The number of hydrogen-bond acceptors (Lipinski definition) is 2. The van der Waals surface area contributed by atoms with Crippen molar-refractivity contribution in [3.63, 3.8) is 0 Å². The number of hydrogen-bond donors (Lipinski definition) is 1. The Morgan fingerprint density at radius 1 is 1.41 bits per heavy atom. The summed E-state index contributed by atoms with van der Waals surface area (Å²) >= 11 is 0. The largest absolute Gasteiger partial charge is 0.337 e. The summed E-state index contributed by atoms with van der Waals surface area (Å²) in [5.74, 6) is 0.0205. The van der Waals surface area contributed by atoms with Crippen LogP contribution in [0.2, 0.25) is 0 Å². The van der Waals surface area contributed by atoms with Crippen LogP contribution in [0, 0.1) is 0 Å². The zero-order chi connectivity index (χ0) is 11.8. The SMILES string of the molecule is CN(C(=O)c1n[nH]c2ccccc12)C1CCC1. The zero-order valence-electron chi connectivity index (χ0n) is 9.81. The maximum absolute atomic E-state index is 12.3. The zero-order valence-corrected chi connectivity index (χ0v) is 9.81. The Balaban J connectivity index is 1.95. The molecule has 1 fully saturated rings. The van der Waals surface area contributed by atoms with Gasteiger partial charge in [-0.05, 0) is 25.3 Å². The summed E-state index contributed by atoms with van der Waals surface area (Å²) in [4.78, 5) is 14.1. The van der Waals surface area contributed by atoms with Gasteiger partial charge in [0.25, 0.3) is 5.91 Å².